The predicted octanol–water partition coefficient (Wildman–Crippen LogP) is 5.16. The normalized spacial score (nSPS) is 12.3. The van der Waals surface area contributed by atoms with Crippen LogP contribution in [0.1, 0.15) is 23.1 Å². The number of carbonyl (C=O) groups is 1. The maximum Gasteiger partial charge on any atom is 0.416 e. The van der Waals surface area contributed by atoms with E-state index in [1.54, 1.807) is 60.4 Å². The van der Waals surface area contributed by atoms with Crippen LogP contribution in [0.5, 0.6) is 0 Å². The molecule has 0 aliphatic rings. The zero-order valence-corrected chi connectivity index (χ0v) is 22.6. The summed E-state index contributed by atoms with van der Waals surface area (Å²) in [6.07, 6.45) is 0.185. The van der Waals surface area contributed by atoms with Crippen LogP contribution in [0.2, 0.25) is 0 Å². The zero-order valence-electron chi connectivity index (χ0n) is 21.8. The van der Waals surface area contributed by atoms with E-state index in [4.69, 9.17) is 5.26 Å². The Kier molecular flexibility index (Phi) is 7.42. The van der Waals surface area contributed by atoms with Crippen molar-refractivity contribution in [2.75, 3.05) is 17.3 Å². The van der Waals surface area contributed by atoms with Gasteiger partial charge < -0.3 is 0 Å². The quantitative estimate of drug-likeness (QED) is 0.286. The number of hydrogen-bond acceptors (Lipinski definition) is 6. The number of benzene rings is 2. The minimum Gasteiger partial charge on any atom is -0.293 e. The van der Waals surface area contributed by atoms with Gasteiger partial charge >= 0.3 is 6.18 Å². The van der Waals surface area contributed by atoms with E-state index in [0.717, 1.165) is 12.1 Å². The molecular formula is C28H22F3N7O2S. The largest absolute Gasteiger partial charge is 0.416 e. The van der Waals surface area contributed by atoms with Crippen LogP contribution in [0.3, 0.4) is 0 Å². The summed E-state index contributed by atoms with van der Waals surface area (Å²) < 4.78 is 55.4. The number of amides is 1. The van der Waals surface area contributed by atoms with Crippen molar-refractivity contribution in [1.29, 1.82) is 5.26 Å². The molecule has 0 aliphatic heterocycles. The van der Waals surface area contributed by atoms with Gasteiger partial charge in [0, 0.05) is 46.6 Å². The minimum absolute atomic E-state index is 0.00674. The van der Waals surface area contributed by atoms with Crippen LogP contribution in [0.15, 0.2) is 67.0 Å². The highest BCUT2D eigenvalue weighted by Crippen LogP contribution is 2.38. The molecule has 41 heavy (non-hydrogen) atoms. The summed E-state index contributed by atoms with van der Waals surface area (Å²) in [4.78, 5) is 16.8. The van der Waals surface area contributed by atoms with Gasteiger partial charge in [0.05, 0.1) is 34.8 Å². The number of pyridine rings is 1. The van der Waals surface area contributed by atoms with Crippen LogP contribution < -0.4 is 5.32 Å². The number of anilines is 1. The highest BCUT2D eigenvalue weighted by atomic mass is 32.2. The summed E-state index contributed by atoms with van der Waals surface area (Å²) >= 11 is 0. The molecule has 0 bridgehead atoms. The molecule has 3 aromatic heterocycles. The second kappa shape index (κ2) is 11.0. The molecule has 1 N–H and O–H groups in total. The molecule has 0 spiro atoms. The van der Waals surface area contributed by atoms with Gasteiger partial charge in [-0.3, -0.25) is 14.3 Å². The number of hydrogen-bond donors (Lipinski definition) is 1. The highest BCUT2D eigenvalue weighted by Gasteiger charge is 2.31. The fraction of sp³-hybridized carbons (Fsp3) is 0.179. The Labute approximate surface area is 234 Å². The van der Waals surface area contributed by atoms with Crippen LogP contribution in [0.4, 0.5) is 19.1 Å². The van der Waals surface area contributed by atoms with Gasteiger partial charge in [-0.15, -0.1) is 5.10 Å². The molecule has 3 heterocycles. The Hall–Kier alpha value is -4.83. The summed E-state index contributed by atoms with van der Waals surface area (Å²) in [6, 6.07) is 15.5. The van der Waals surface area contributed by atoms with Crippen LogP contribution in [-0.2, 0) is 21.8 Å². The van der Waals surface area contributed by atoms with E-state index in [2.05, 4.69) is 26.6 Å². The van der Waals surface area contributed by atoms with Crippen LogP contribution in [0.25, 0.3) is 33.7 Å². The van der Waals surface area contributed by atoms with E-state index in [1.165, 1.54) is 16.8 Å². The van der Waals surface area contributed by atoms with Gasteiger partial charge in [0.15, 0.2) is 5.65 Å². The van der Waals surface area contributed by atoms with Gasteiger partial charge in [0.25, 0.3) is 0 Å². The first-order chi connectivity index (χ1) is 19.5. The Bertz CT molecular complexity index is 1840. The Balaban J connectivity index is 1.69. The lowest BCUT2D eigenvalue weighted by atomic mass is 9.95. The third-order valence-corrected chi connectivity index (χ3v) is 7.17. The van der Waals surface area contributed by atoms with Gasteiger partial charge in [-0.05, 0) is 60.5 Å². The van der Waals surface area contributed by atoms with Crippen LogP contribution in [-0.4, -0.2) is 46.5 Å². The lowest BCUT2D eigenvalue weighted by molar-refractivity contribution is -0.137. The van der Waals surface area contributed by atoms with Crippen LogP contribution >= 0.6 is 0 Å². The van der Waals surface area contributed by atoms with E-state index >= 15 is 0 Å². The Morgan fingerprint density at radius 2 is 1.90 bits per heavy atom. The standard InChI is InChI=1S/C28H22F3N7O2S/c1-17-22(23-10-12-33-38(23)21-8-6-18(15-32)7-9-21)16-37-26(35-27(36-37)34-24(39)11-13-41(2)40)25(17)19-4-3-5-20(14-19)28(29,30)31/h3-10,12,14,16H,11,13H2,1-2H3,(H,34,36,39). The van der Waals surface area contributed by atoms with Crippen molar-refractivity contribution in [3.63, 3.8) is 0 Å². The second-order valence-corrected chi connectivity index (χ2v) is 10.7. The second-order valence-electron chi connectivity index (χ2n) is 9.19. The van der Waals surface area contributed by atoms with E-state index in [9.17, 15) is 22.2 Å². The van der Waals surface area contributed by atoms with Crippen molar-refractivity contribution in [3.05, 3.63) is 83.7 Å². The van der Waals surface area contributed by atoms with E-state index < -0.39 is 28.4 Å². The van der Waals surface area contributed by atoms with Crippen molar-refractivity contribution >= 4 is 28.3 Å². The fourth-order valence-corrected chi connectivity index (χ4v) is 4.90. The number of rotatable bonds is 7. The average Bonchev–Trinajstić information content (AvgIpc) is 3.58. The first kappa shape index (κ1) is 27.7. The Morgan fingerprint density at radius 1 is 1.15 bits per heavy atom. The number of nitrogens with one attached hydrogen (secondary N) is 1. The van der Waals surface area contributed by atoms with E-state index in [0.29, 0.717) is 33.6 Å². The van der Waals surface area contributed by atoms with Gasteiger partial charge in [-0.1, -0.05) is 12.1 Å². The van der Waals surface area contributed by atoms with Crippen molar-refractivity contribution in [1.82, 2.24) is 24.4 Å². The third-order valence-electron chi connectivity index (χ3n) is 6.39. The number of nitriles is 1. The van der Waals surface area contributed by atoms with Crippen molar-refractivity contribution < 1.29 is 22.2 Å². The fourth-order valence-electron chi connectivity index (χ4n) is 4.43. The summed E-state index contributed by atoms with van der Waals surface area (Å²) in [5, 5.41) is 20.5. The number of alkyl halides is 3. The molecule has 1 amide bonds. The minimum atomic E-state index is -4.56. The van der Waals surface area contributed by atoms with Gasteiger partial charge in [-0.2, -0.15) is 28.5 Å². The molecule has 0 aliphatic carbocycles. The molecule has 0 saturated heterocycles. The molecule has 208 valence electrons. The van der Waals surface area contributed by atoms with Gasteiger partial charge in [-0.25, -0.2) is 9.20 Å². The molecule has 13 heteroatoms. The molecule has 1 unspecified atom stereocenters. The van der Waals surface area contributed by atoms with Gasteiger partial charge in [0.2, 0.25) is 11.9 Å². The summed E-state index contributed by atoms with van der Waals surface area (Å²) in [6.45, 7) is 1.77. The summed E-state index contributed by atoms with van der Waals surface area (Å²) in [7, 11) is -1.16. The lowest BCUT2D eigenvalue weighted by Gasteiger charge is -2.16. The van der Waals surface area contributed by atoms with Gasteiger partial charge in [0.1, 0.15) is 0 Å². The van der Waals surface area contributed by atoms with Crippen molar-refractivity contribution in [2.24, 2.45) is 0 Å². The first-order valence-electron chi connectivity index (χ1n) is 12.3. The first-order valence-corrected chi connectivity index (χ1v) is 14.0. The molecule has 1 atom stereocenters. The predicted molar refractivity (Wildman–Crippen MR) is 148 cm³/mol. The number of aromatic nitrogens is 5. The lowest BCUT2D eigenvalue weighted by Crippen LogP contribution is -2.15. The number of halogens is 3. The zero-order chi connectivity index (χ0) is 29.3. The molecule has 5 rings (SSSR count). The molecule has 0 fully saturated rings. The van der Waals surface area contributed by atoms with Crippen LogP contribution in [0, 0.1) is 18.3 Å². The smallest absolute Gasteiger partial charge is 0.293 e. The number of nitrogens with zero attached hydrogens (tertiary/aromatic N) is 6. The van der Waals surface area contributed by atoms with E-state index in [-0.39, 0.29) is 29.3 Å². The average molecular weight is 578 g/mol. The molecule has 9 nitrogen and oxygen atoms in total. The highest BCUT2D eigenvalue weighted by molar-refractivity contribution is 7.84. The van der Waals surface area contributed by atoms with E-state index in [1.807, 2.05) is 0 Å². The molecule has 0 radical (unpaired) electrons. The van der Waals surface area contributed by atoms with Crippen molar-refractivity contribution in [2.45, 2.75) is 19.5 Å². The topological polar surface area (TPSA) is 118 Å². The summed E-state index contributed by atoms with van der Waals surface area (Å²) in [5.41, 5.74) is 3.07. The summed E-state index contributed by atoms with van der Waals surface area (Å²) in [5.74, 6) is -0.313. The molecule has 0 saturated carbocycles. The molecule has 2 aromatic carbocycles. The maximum atomic E-state index is 13.6. The van der Waals surface area contributed by atoms with Crippen molar-refractivity contribution in [3.8, 4) is 34.1 Å². The SMILES string of the molecule is Cc1c(-c2ccnn2-c2ccc(C#N)cc2)cn2nc(NC(=O)CCS(C)=O)nc2c1-c1cccc(C(F)(F)F)c1. The number of carbonyl (C=O) groups excluding carboxylic acids is 1. The number of fused-ring (bicyclic) bond motifs is 1. The maximum absolute atomic E-state index is 13.6. The Morgan fingerprint density at radius 3 is 2.59 bits per heavy atom. The molecular weight excluding hydrogens is 555 g/mol. The third kappa shape index (κ3) is 5.73. The monoisotopic (exact) mass is 577 g/mol. The molecule has 5 aromatic rings.